The zero-order valence-corrected chi connectivity index (χ0v) is 7.80. The molecule has 0 radical (unpaired) electrons. The van der Waals surface area contributed by atoms with Crippen LogP contribution in [0.15, 0.2) is 0 Å². The summed E-state index contributed by atoms with van der Waals surface area (Å²) < 4.78 is 0. The van der Waals surface area contributed by atoms with Gasteiger partial charge in [0.1, 0.15) is 0 Å². The van der Waals surface area contributed by atoms with Crippen LogP contribution in [0.2, 0.25) is 0 Å². The molecule has 4 nitrogen and oxygen atoms in total. The van der Waals surface area contributed by atoms with Crippen molar-refractivity contribution in [1.82, 2.24) is 4.90 Å². The highest BCUT2D eigenvalue weighted by Gasteiger charge is 2.40. The molecule has 1 aliphatic heterocycles. The molecule has 2 unspecified atom stereocenters. The Hall–Kier alpha value is -0.710. The van der Waals surface area contributed by atoms with E-state index < -0.39 is 11.9 Å². The summed E-state index contributed by atoms with van der Waals surface area (Å²) >= 11 is 1.52. The molecule has 68 valence electrons. The SMILES string of the molecule is CSC1C(C)CN1C(=O)C(=O)O. The van der Waals surface area contributed by atoms with Gasteiger partial charge >= 0.3 is 11.9 Å². The van der Waals surface area contributed by atoms with Crippen LogP contribution in [-0.4, -0.2) is 40.1 Å². The molecule has 1 rings (SSSR count). The second-order valence-electron chi connectivity index (χ2n) is 2.87. The van der Waals surface area contributed by atoms with Gasteiger partial charge in [-0.2, -0.15) is 0 Å². The fraction of sp³-hybridized carbons (Fsp3) is 0.714. The second-order valence-corrected chi connectivity index (χ2v) is 3.82. The van der Waals surface area contributed by atoms with E-state index in [9.17, 15) is 9.59 Å². The Balaban J connectivity index is 2.56. The van der Waals surface area contributed by atoms with E-state index in [0.29, 0.717) is 12.5 Å². The first kappa shape index (κ1) is 9.38. The Labute approximate surface area is 74.9 Å². The summed E-state index contributed by atoms with van der Waals surface area (Å²) in [7, 11) is 0. The number of hydrogen-bond donors (Lipinski definition) is 1. The fourth-order valence-corrected chi connectivity index (χ4v) is 2.34. The van der Waals surface area contributed by atoms with Gasteiger partial charge in [0, 0.05) is 12.5 Å². The Morgan fingerprint density at radius 1 is 1.58 bits per heavy atom. The second kappa shape index (κ2) is 3.35. The van der Waals surface area contributed by atoms with Crippen molar-refractivity contribution in [2.75, 3.05) is 12.8 Å². The fourth-order valence-electron chi connectivity index (χ4n) is 1.35. The van der Waals surface area contributed by atoms with Gasteiger partial charge in [0.15, 0.2) is 0 Å². The molecule has 5 heteroatoms. The molecule has 2 atom stereocenters. The first-order valence-electron chi connectivity index (χ1n) is 3.64. The van der Waals surface area contributed by atoms with Crippen molar-refractivity contribution in [3.8, 4) is 0 Å². The molecule has 12 heavy (non-hydrogen) atoms. The van der Waals surface area contributed by atoms with Gasteiger partial charge < -0.3 is 10.0 Å². The molecular formula is C7H11NO3S. The minimum Gasteiger partial charge on any atom is -0.474 e. The lowest BCUT2D eigenvalue weighted by atomic mass is 10.0. The summed E-state index contributed by atoms with van der Waals surface area (Å²) in [6.07, 6.45) is 1.88. The largest absolute Gasteiger partial charge is 0.474 e. The molecule has 0 bridgehead atoms. The summed E-state index contributed by atoms with van der Waals surface area (Å²) in [4.78, 5) is 22.6. The standard InChI is InChI=1S/C7H11NO3S/c1-4-3-8(6(4)12-2)5(9)7(10)11/h4,6H,3H2,1-2H3,(H,10,11). The topological polar surface area (TPSA) is 57.6 Å². The first-order valence-corrected chi connectivity index (χ1v) is 4.93. The van der Waals surface area contributed by atoms with Crippen molar-refractivity contribution in [2.24, 2.45) is 5.92 Å². The summed E-state index contributed by atoms with van der Waals surface area (Å²) in [6, 6.07) is 0. The zero-order chi connectivity index (χ0) is 9.30. The third-order valence-corrected chi connectivity index (χ3v) is 3.17. The molecule has 0 saturated carbocycles. The maximum atomic E-state index is 11.0. The average Bonchev–Trinajstić information content (AvgIpc) is 1.99. The number of carbonyl (C=O) groups is 2. The van der Waals surface area contributed by atoms with E-state index >= 15 is 0 Å². The quantitative estimate of drug-likeness (QED) is 0.600. The number of likely N-dealkylation sites (tertiary alicyclic amines) is 1. The van der Waals surface area contributed by atoms with Gasteiger partial charge in [-0.1, -0.05) is 6.92 Å². The van der Waals surface area contributed by atoms with Crippen molar-refractivity contribution in [2.45, 2.75) is 12.3 Å². The summed E-state index contributed by atoms with van der Waals surface area (Å²) in [5.41, 5.74) is 0. The molecule has 0 aromatic carbocycles. The average molecular weight is 189 g/mol. The van der Waals surface area contributed by atoms with Crippen molar-refractivity contribution in [1.29, 1.82) is 0 Å². The van der Waals surface area contributed by atoms with Gasteiger partial charge in [-0.15, -0.1) is 11.8 Å². The molecule has 1 heterocycles. The van der Waals surface area contributed by atoms with E-state index in [1.54, 1.807) is 0 Å². The molecule has 1 fully saturated rings. The normalized spacial score (nSPS) is 28.0. The molecule has 1 aliphatic rings. The molecule has 0 aromatic rings. The molecular weight excluding hydrogens is 178 g/mol. The van der Waals surface area contributed by atoms with Crippen molar-refractivity contribution in [3.63, 3.8) is 0 Å². The van der Waals surface area contributed by atoms with Crippen LogP contribution in [0, 0.1) is 5.92 Å². The van der Waals surface area contributed by atoms with E-state index in [1.807, 2.05) is 13.2 Å². The van der Waals surface area contributed by atoms with Crippen LogP contribution in [-0.2, 0) is 9.59 Å². The van der Waals surface area contributed by atoms with E-state index in [-0.39, 0.29) is 5.37 Å². The van der Waals surface area contributed by atoms with Crippen molar-refractivity contribution >= 4 is 23.6 Å². The predicted octanol–water partition coefficient (Wildman–Crippen LogP) is 0.238. The number of hydrogen-bond acceptors (Lipinski definition) is 3. The highest BCUT2D eigenvalue weighted by atomic mass is 32.2. The third kappa shape index (κ3) is 1.41. The van der Waals surface area contributed by atoms with E-state index in [4.69, 9.17) is 5.11 Å². The van der Waals surface area contributed by atoms with Crippen LogP contribution in [0.3, 0.4) is 0 Å². The number of carbonyl (C=O) groups excluding carboxylic acids is 1. The zero-order valence-electron chi connectivity index (χ0n) is 6.98. The Kier molecular flexibility index (Phi) is 2.62. The van der Waals surface area contributed by atoms with E-state index in [1.165, 1.54) is 16.7 Å². The first-order chi connectivity index (χ1) is 5.57. The lowest BCUT2D eigenvalue weighted by Crippen LogP contribution is -2.57. The van der Waals surface area contributed by atoms with Gasteiger partial charge in [0.25, 0.3) is 0 Å². The summed E-state index contributed by atoms with van der Waals surface area (Å²) in [5.74, 6) is -1.74. The molecule has 0 spiro atoms. The lowest BCUT2D eigenvalue weighted by Gasteiger charge is -2.44. The van der Waals surface area contributed by atoms with Gasteiger partial charge in [0.2, 0.25) is 0 Å². The number of amides is 1. The Morgan fingerprint density at radius 2 is 2.17 bits per heavy atom. The maximum Gasteiger partial charge on any atom is 0.394 e. The third-order valence-electron chi connectivity index (χ3n) is 1.96. The van der Waals surface area contributed by atoms with Gasteiger partial charge in [-0.25, -0.2) is 4.79 Å². The smallest absolute Gasteiger partial charge is 0.394 e. The van der Waals surface area contributed by atoms with Crippen LogP contribution in [0.4, 0.5) is 0 Å². The number of carboxylic acid groups (broad SMARTS) is 1. The summed E-state index contributed by atoms with van der Waals surface area (Å²) in [6.45, 7) is 2.57. The van der Waals surface area contributed by atoms with Gasteiger partial charge in [-0.05, 0) is 6.26 Å². The van der Waals surface area contributed by atoms with Gasteiger partial charge in [-0.3, -0.25) is 4.79 Å². The number of aliphatic carboxylic acids is 1. The van der Waals surface area contributed by atoms with Gasteiger partial charge in [0.05, 0.1) is 5.37 Å². The van der Waals surface area contributed by atoms with Crippen LogP contribution in [0.25, 0.3) is 0 Å². The van der Waals surface area contributed by atoms with Crippen molar-refractivity contribution in [3.05, 3.63) is 0 Å². The predicted molar refractivity (Wildman–Crippen MR) is 45.8 cm³/mol. The monoisotopic (exact) mass is 189 g/mol. The molecule has 1 N–H and O–H groups in total. The number of carboxylic acids is 1. The maximum absolute atomic E-state index is 11.0. The minimum atomic E-state index is -1.36. The van der Waals surface area contributed by atoms with Crippen LogP contribution in [0.5, 0.6) is 0 Å². The van der Waals surface area contributed by atoms with Crippen LogP contribution < -0.4 is 0 Å². The lowest BCUT2D eigenvalue weighted by molar-refractivity contribution is -0.160. The highest BCUT2D eigenvalue weighted by molar-refractivity contribution is 7.99. The molecule has 1 amide bonds. The van der Waals surface area contributed by atoms with Crippen LogP contribution in [0.1, 0.15) is 6.92 Å². The van der Waals surface area contributed by atoms with E-state index in [2.05, 4.69) is 0 Å². The Morgan fingerprint density at radius 3 is 2.50 bits per heavy atom. The molecule has 1 saturated heterocycles. The number of thioether (sulfide) groups is 1. The van der Waals surface area contributed by atoms with Crippen molar-refractivity contribution < 1.29 is 14.7 Å². The minimum absolute atomic E-state index is 0.0496. The number of rotatable bonds is 1. The van der Waals surface area contributed by atoms with E-state index in [0.717, 1.165) is 0 Å². The Bertz CT molecular complexity index is 219. The number of nitrogens with zero attached hydrogens (tertiary/aromatic N) is 1. The van der Waals surface area contributed by atoms with Crippen LogP contribution >= 0.6 is 11.8 Å². The summed E-state index contributed by atoms with van der Waals surface area (Å²) in [5, 5.41) is 8.47. The molecule has 0 aromatic heterocycles. The molecule has 0 aliphatic carbocycles. The highest BCUT2D eigenvalue weighted by Crippen LogP contribution is 2.31.